The number of carbonyl (C=O) groups is 1. The molecule has 4 heteroatoms. The second-order valence-corrected chi connectivity index (χ2v) is 7.49. The number of carbonyl (C=O) groups excluding carboxylic acids is 1. The summed E-state index contributed by atoms with van der Waals surface area (Å²) in [5.74, 6) is 0.249. The van der Waals surface area contributed by atoms with Gasteiger partial charge in [0, 0.05) is 6.08 Å². The van der Waals surface area contributed by atoms with E-state index in [0.29, 0.717) is 12.5 Å². The topological polar surface area (TPSA) is 26.3 Å². The van der Waals surface area contributed by atoms with E-state index in [2.05, 4.69) is 13.0 Å². The van der Waals surface area contributed by atoms with Crippen LogP contribution in [0.3, 0.4) is 0 Å². The van der Waals surface area contributed by atoms with Gasteiger partial charge in [-0.15, -0.1) is 23.2 Å². The van der Waals surface area contributed by atoms with E-state index in [0.717, 1.165) is 24.8 Å². The van der Waals surface area contributed by atoms with Crippen LogP contribution >= 0.6 is 23.2 Å². The number of ether oxygens (including phenoxy) is 1. The summed E-state index contributed by atoms with van der Waals surface area (Å²) < 4.78 is 4.86. The first-order valence-corrected chi connectivity index (χ1v) is 8.32. The molecule has 2 nitrogen and oxygen atoms in total. The van der Waals surface area contributed by atoms with Crippen LogP contribution in [0.2, 0.25) is 0 Å². The van der Waals surface area contributed by atoms with Gasteiger partial charge in [0.25, 0.3) is 0 Å². The first-order valence-electron chi connectivity index (χ1n) is 7.51. The molecular formula is C17H28Cl2O2. The van der Waals surface area contributed by atoms with Gasteiger partial charge in [0.2, 0.25) is 0 Å². The van der Waals surface area contributed by atoms with Gasteiger partial charge >= 0.3 is 5.97 Å². The van der Waals surface area contributed by atoms with E-state index in [-0.39, 0.29) is 16.2 Å². The highest BCUT2D eigenvalue weighted by Crippen LogP contribution is 2.28. The lowest BCUT2D eigenvalue weighted by Crippen LogP contribution is -2.25. The maximum atomic E-state index is 11.3. The molecule has 0 rings (SSSR count). The number of esters is 1. The quantitative estimate of drug-likeness (QED) is 0.241. The Hall–Kier alpha value is -0.470. The summed E-state index contributed by atoms with van der Waals surface area (Å²) in [7, 11) is 0. The summed E-state index contributed by atoms with van der Waals surface area (Å²) in [5, 5.41) is -0.0176. The highest BCUT2D eigenvalue weighted by molar-refractivity contribution is 6.32. The fourth-order valence-electron chi connectivity index (χ4n) is 1.80. The van der Waals surface area contributed by atoms with Crippen molar-refractivity contribution in [3.63, 3.8) is 0 Å². The molecule has 0 spiro atoms. The van der Waals surface area contributed by atoms with E-state index in [1.54, 1.807) is 6.92 Å². The maximum Gasteiger partial charge on any atom is 0.330 e. The molecule has 0 radical (unpaired) electrons. The van der Waals surface area contributed by atoms with E-state index in [9.17, 15) is 4.79 Å². The van der Waals surface area contributed by atoms with Crippen molar-refractivity contribution >= 4 is 29.2 Å². The Morgan fingerprint density at radius 2 is 1.95 bits per heavy atom. The van der Waals surface area contributed by atoms with Crippen molar-refractivity contribution in [3.8, 4) is 0 Å². The van der Waals surface area contributed by atoms with Crippen molar-refractivity contribution in [1.29, 1.82) is 0 Å². The Labute approximate surface area is 139 Å². The highest BCUT2D eigenvalue weighted by atomic mass is 35.5. The lowest BCUT2D eigenvalue weighted by Gasteiger charge is -2.23. The molecule has 122 valence electrons. The predicted molar refractivity (Wildman–Crippen MR) is 92.1 cm³/mol. The molecule has 0 aromatic carbocycles. The zero-order valence-corrected chi connectivity index (χ0v) is 15.3. The van der Waals surface area contributed by atoms with Crippen molar-refractivity contribution in [2.75, 3.05) is 6.61 Å². The van der Waals surface area contributed by atoms with Crippen LogP contribution in [-0.4, -0.2) is 22.8 Å². The predicted octanol–water partition coefficient (Wildman–Crippen LogP) is 5.48. The van der Waals surface area contributed by atoms with Crippen molar-refractivity contribution in [2.45, 2.75) is 64.1 Å². The molecule has 0 fully saturated rings. The summed E-state index contributed by atoms with van der Waals surface area (Å²) in [5.41, 5.74) is 0.901. The lowest BCUT2D eigenvalue weighted by atomic mass is 9.96. The average Bonchev–Trinajstić information content (AvgIpc) is 2.34. The van der Waals surface area contributed by atoms with Crippen LogP contribution in [0, 0.1) is 5.92 Å². The van der Waals surface area contributed by atoms with Crippen molar-refractivity contribution in [1.82, 2.24) is 0 Å². The third-order valence-electron chi connectivity index (χ3n) is 3.21. The number of allylic oxidation sites excluding steroid dienone is 3. The third-order valence-corrected chi connectivity index (χ3v) is 4.35. The molecule has 0 aromatic rings. The molecule has 0 N–H and O–H groups in total. The first kappa shape index (κ1) is 20.5. The Morgan fingerprint density at radius 1 is 1.33 bits per heavy atom. The minimum atomic E-state index is -0.365. The highest BCUT2D eigenvalue weighted by Gasteiger charge is 2.24. The number of hydrogen-bond donors (Lipinski definition) is 0. The molecule has 0 aromatic heterocycles. The van der Waals surface area contributed by atoms with Gasteiger partial charge in [-0.3, -0.25) is 0 Å². The normalized spacial score (nSPS) is 16.0. The van der Waals surface area contributed by atoms with Gasteiger partial charge in [-0.2, -0.15) is 0 Å². The molecule has 0 amide bonds. The molecule has 0 heterocycles. The van der Waals surface area contributed by atoms with Gasteiger partial charge in [-0.1, -0.05) is 19.1 Å². The molecular weight excluding hydrogens is 307 g/mol. The zero-order chi connectivity index (χ0) is 16.5. The van der Waals surface area contributed by atoms with Crippen LogP contribution in [0.4, 0.5) is 0 Å². The summed E-state index contributed by atoms with van der Waals surface area (Å²) in [6, 6.07) is 0. The van der Waals surface area contributed by atoms with Gasteiger partial charge < -0.3 is 4.74 Å². The van der Waals surface area contributed by atoms with E-state index < -0.39 is 0 Å². The lowest BCUT2D eigenvalue weighted by molar-refractivity contribution is -0.137. The third kappa shape index (κ3) is 10.8. The van der Waals surface area contributed by atoms with E-state index in [1.165, 1.54) is 6.08 Å². The number of alkyl halides is 2. The largest absolute Gasteiger partial charge is 0.463 e. The molecule has 2 unspecified atom stereocenters. The smallest absolute Gasteiger partial charge is 0.330 e. The van der Waals surface area contributed by atoms with Gasteiger partial charge in [-0.05, 0) is 58.4 Å². The van der Waals surface area contributed by atoms with Gasteiger partial charge in [-0.25, -0.2) is 4.79 Å². The van der Waals surface area contributed by atoms with Gasteiger partial charge in [0.05, 0.1) is 16.9 Å². The zero-order valence-electron chi connectivity index (χ0n) is 13.8. The molecule has 2 atom stereocenters. The molecule has 0 aliphatic rings. The van der Waals surface area contributed by atoms with Crippen LogP contribution in [-0.2, 0) is 9.53 Å². The Balaban J connectivity index is 4.10. The van der Waals surface area contributed by atoms with E-state index in [4.69, 9.17) is 27.9 Å². The molecule has 0 aliphatic heterocycles. The summed E-state index contributed by atoms with van der Waals surface area (Å²) in [6.07, 6.45) is 8.46. The molecule has 0 saturated heterocycles. The van der Waals surface area contributed by atoms with Crippen molar-refractivity contribution in [3.05, 3.63) is 23.8 Å². The van der Waals surface area contributed by atoms with Crippen LogP contribution in [0.1, 0.15) is 53.9 Å². The Bertz CT molecular complexity index is 367. The van der Waals surface area contributed by atoms with E-state index >= 15 is 0 Å². The maximum absolute atomic E-state index is 11.3. The monoisotopic (exact) mass is 334 g/mol. The average molecular weight is 335 g/mol. The number of hydrogen-bond acceptors (Lipinski definition) is 2. The second-order valence-electron chi connectivity index (χ2n) is 5.99. The summed E-state index contributed by atoms with van der Waals surface area (Å²) >= 11 is 12.5. The standard InChI is InChI=1S/C17H28Cl2O2/c1-6-21-16(20)12-14(3)9-7-8-13(2)10-11-15(18)17(4,5)19/h7,9,12-13,15H,6,8,10-11H2,1-5H3/b9-7+,14-12+. The summed E-state index contributed by atoms with van der Waals surface area (Å²) in [6.45, 7) is 10.2. The first-order chi connectivity index (χ1) is 9.66. The van der Waals surface area contributed by atoms with Crippen molar-refractivity contribution < 1.29 is 9.53 Å². The molecule has 0 aliphatic carbocycles. The van der Waals surface area contributed by atoms with Crippen LogP contribution < -0.4 is 0 Å². The number of rotatable bonds is 9. The minimum absolute atomic E-state index is 0.0176. The van der Waals surface area contributed by atoms with Gasteiger partial charge in [0.15, 0.2) is 0 Å². The van der Waals surface area contributed by atoms with E-state index in [1.807, 2.05) is 26.8 Å². The fraction of sp³-hybridized carbons (Fsp3) is 0.706. The Morgan fingerprint density at radius 3 is 2.48 bits per heavy atom. The van der Waals surface area contributed by atoms with Crippen LogP contribution in [0.15, 0.2) is 23.8 Å². The van der Waals surface area contributed by atoms with Crippen molar-refractivity contribution in [2.24, 2.45) is 5.92 Å². The van der Waals surface area contributed by atoms with Crippen LogP contribution in [0.25, 0.3) is 0 Å². The Kier molecular flexibility index (Phi) is 10.1. The van der Waals surface area contributed by atoms with Gasteiger partial charge in [0.1, 0.15) is 0 Å². The molecule has 0 bridgehead atoms. The molecule has 0 saturated carbocycles. The molecule has 21 heavy (non-hydrogen) atoms. The summed E-state index contributed by atoms with van der Waals surface area (Å²) in [4.78, 5) is 10.9. The SMILES string of the molecule is CCOC(=O)/C=C(C)/C=C/CC(C)CCC(Cl)C(C)(C)Cl. The second kappa shape index (κ2) is 10.3. The van der Waals surface area contributed by atoms with Crippen LogP contribution in [0.5, 0.6) is 0 Å². The minimum Gasteiger partial charge on any atom is -0.463 e. The number of halogens is 2. The fourth-order valence-corrected chi connectivity index (χ4v) is 2.03.